The van der Waals surface area contributed by atoms with Crippen LogP contribution in [0.1, 0.15) is 25.6 Å². The first kappa shape index (κ1) is 11.8. The standard InChI is InChI=1S/C11H17N5O/c1-3-4-9(17)7-13-10-11-15-14-8(2)16(11)6-5-12-10/h5-6,9,17H,3-4,7H2,1-2H3,(H,12,13). The van der Waals surface area contributed by atoms with Crippen LogP contribution in [-0.2, 0) is 0 Å². The number of fused-ring (bicyclic) bond motifs is 1. The van der Waals surface area contributed by atoms with Crippen molar-refractivity contribution in [3.8, 4) is 0 Å². The minimum atomic E-state index is -0.355. The molecule has 0 fully saturated rings. The van der Waals surface area contributed by atoms with E-state index < -0.39 is 0 Å². The Balaban J connectivity index is 2.13. The lowest BCUT2D eigenvalue weighted by Crippen LogP contribution is -2.20. The minimum Gasteiger partial charge on any atom is -0.391 e. The number of nitrogens with zero attached hydrogens (tertiary/aromatic N) is 4. The summed E-state index contributed by atoms with van der Waals surface area (Å²) in [5.41, 5.74) is 0.689. The van der Waals surface area contributed by atoms with Gasteiger partial charge in [0.1, 0.15) is 5.82 Å². The van der Waals surface area contributed by atoms with Crippen LogP contribution in [-0.4, -0.2) is 37.3 Å². The zero-order valence-electron chi connectivity index (χ0n) is 10.1. The van der Waals surface area contributed by atoms with Gasteiger partial charge in [0, 0.05) is 18.9 Å². The van der Waals surface area contributed by atoms with Gasteiger partial charge in [-0.05, 0) is 13.3 Å². The molecule has 92 valence electrons. The van der Waals surface area contributed by atoms with Crippen molar-refractivity contribution in [3.05, 3.63) is 18.2 Å². The van der Waals surface area contributed by atoms with Crippen LogP contribution < -0.4 is 5.32 Å². The van der Waals surface area contributed by atoms with Gasteiger partial charge in [0.2, 0.25) is 5.65 Å². The minimum absolute atomic E-state index is 0.355. The maximum absolute atomic E-state index is 9.65. The zero-order chi connectivity index (χ0) is 12.3. The molecule has 0 spiro atoms. The lowest BCUT2D eigenvalue weighted by Gasteiger charge is -2.11. The Hall–Kier alpha value is -1.69. The van der Waals surface area contributed by atoms with E-state index in [4.69, 9.17) is 0 Å². The van der Waals surface area contributed by atoms with Crippen LogP contribution in [0.15, 0.2) is 12.4 Å². The molecular formula is C11H17N5O. The number of aliphatic hydroxyl groups is 1. The first-order chi connectivity index (χ1) is 8.22. The van der Waals surface area contributed by atoms with E-state index in [9.17, 15) is 5.11 Å². The summed E-state index contributed by atoms with van der Waals surface area (Å²) < 4.78 is 1.86. The molecule has 2 aromatic rings. The quantitative estimate of drug-likeness (QED) is 0.808. The Morgan fingerprint density at radius 2 is 2.29 bits per heavy atom. The normalized spacial score (nSPS) is 12.9. The highest BCUT2D eigenvalue weighted by Crippen LogP contribution is 2.12. The second kappa shape index (κ2) is 5.09. The zero-order valence-corrected chi connectivity index (χ0v) is 10.1. The number of hydrogen-bond donors (Lipinski definition) is 2. The highest BCUT2D eigenvalue weighted by molar-refractivity contribution is 5.61. The van der Waals surface area contributed by atoms with Crippen LogP contribution in [0.3, 0.4) is 0 Å². The van der Waals surface area contributed by atoms with Gasteiger partial charge in [-0.1, -0.05) is 13.3 Å². The number of aryl methyl sites for hydroxylation is 1. The third-order valence-corrected chi connectivity index (χ3v) is 2.62. The van der Waals surface area contributed by atoms with Crippen LogP contribution in [0, 0.1) is 6.92 Å². The predicted molar refractivity (Wildman–Crippen MR) is 64.9 cm³/mol. The molecule has 1 atom stereocenters. The van der Waals surface area contributed by atoms with Crippen molar-refractivity contribution in [2.75, 3.05) is 11.9 Å². The largest absolute Gasteiger partial charge is 0.391 e. The van der Waals surface area contributed by atoms with Crippen molar-refractivity contribution in [1.82, 2.24) is 19.6 Å². The van der Waals surface area contributed by atoms with Crippen molar-refractivity contribution < 1.29 is 5.11 Å². The molecule has 0 aliphatic carbocycles. The molecule has 0 amide bonds. The third kappa shape index (κ3) is 2.52. The van der Waals surface area contributed by atoms with Crippen molar-refractivity contribution in [2.24, 2.45) is 0 Å². The van der Waals surface area contributed by atoms with E-state index in [0.29, 0.717) is 18.0 Å². The van der Waals surface area contributed by atoms with E-state index >= 15 is 0 Å². The molecule has 1 unspecified atom stereocenters. The van der Waals surface area contributed by atoms with Crippen LogP contribution in [0.2, 0.25) is 0 Å². The van der Waals surface area contributed by atoms with Gasteiger partial charge in [-0.2, -0.15) is 0 Å². The van der Waals surface area contributed by atoms with Gasteiger partial charge in [0.15, 0.2) is 5.82 Å². The molecule has 0 radical (unpaired) electrons. The van der Waals surface area contributed by atoms with Crippen LogP contribution in [0.25, 0.3) is 5.65 Å². The molecular weight excluding hydrogens is 218 g/mol. The lowest BCUT2D eigenvalue weighted by molar-refractivity contribution is 0.176. The molecule has 2 rings (SSSR count). The second-order valence-electron chi connectivity index (χ2n) is 4.04. The van der Waals surface area contributed by atoms with E-state index in [0.717, 1.165) is 18.7 Å². The number of rotatable bonds is 5. The molecule has 6 nitrogen and oxygen atoms in total. The monoisotopic (exact) mass is 235 g/mol. The number of aromatic nitrogens is 4. The number of hydrogen-bond acceptors (Lipinski definition) is 5. The smallest absolute Gasteiger partial charge is 0.203 e. The Kier molecular flexibility index (Phi) is 3.53. The van der Waals surface area contributed by atoms with Gasteiger partial charge in [0.05, 0.1) is 6.10 Å². The van der Waals surface area contributed by atoms with Crippen LogP contribution >= 0.6 is 0 Å². The highest BCUT2D eigenvalue weighted by atomic mass is 16.3. The SMILES string of the molecule is CCCC(O)CNc1nccn2c(C)nnc12. The summed E-state index contributed by atoms with van der Waals surface area (Å²) in [5.74, 6) is 1.47. The van der Waals surface area contributed by atoms with Gasteiger partial charge < -0.3 is 10.4 Å². The Morgan fingerprint density at radius 3 is 3.06 bits per heavy atom. The van der Waals surface area contributed by atoms with Gasteiger partial charge in [-0.3, -0.25) is 4.40 Å². The lowest BCUT2D eigenvalue weighted by atomic mass is 10.2. The average Bonchev–Trinajstić information content (AvgIpc) is 2.70. The molecule has 0 aliphatic heterocycles. The Bertz CT molecular complexity index is 496. The van der Waals surface area contributed by atoms with Crippen LogP contribution in [0.5, 0.6) is 0 Å². The van der Waals surface area contributed by atoms with E-state index in [1.54, 1.807) is 6.20 Å². The topological polar surface area (TPSA) is 75.3 Å². The predicted octanol–water partition coefficient (Wildman–Crippen LogP) is 1.01. The Morgan fingerprint density at radius 1 is 1.47 bits per heavy atom. The fourth-order valence-electron chi connectivity index (χ4n) is 1.72. The summed E-state index contributed by atoms with van der Waals surface area (Å²) in [6.07, 6.45) is 4.90. The van der Waals surface area contributed by atoms with Crippen molar-refractivity contribution >= 4 is 11.5 Å². The van der Waals surface area contributed by atoms with Gasteiger partial charge in [-0.15, -0.1) is 10.2 Å². The van der Waals surface area contributed by atoms with E-state index in [1.807, 2.05) is 24.4 Å². The van der Waals surface area contributed by atoms with Gasteiger partial charge in [-0.25, -0.2) is 4.98 Å². The fraction of sp³-hybridized carbons (Fsp3) is 0.545. The summed E-state index contributed by atoms with van der Waals surface area (Å²) in [6, 6.07) is 0. The summed E-state index contributed by atoms with van der Waals surface area (Å²) >= 11 is 0. The van der Waals surface area contributed by atoms with Crippen molar-refractivity contribution in [3.63, 3.8) is 0 Å². The molecule has 0 aromatic carbocycles. The third-order valence-electron chi connectivity index (χ3n) is 2.62. The summed E-state index contributed by atoms with van der Waals surface area (Å²) in [6.45, 7) is 4.41. The average molecular weight is 235 g/mol. The molecule has 17 heavy (non-hydrogen) atoms. The van der Waals surface area contributed by atoms with Gasteiger partial charge in [0.25, 0.3) is 0 Å². The molecule has 2 aromatic heterocycles. The summed E-state index contributed by atoms with van der Waals surface area (Å²) in [5, 5.41) is 20.8. The van der Waals surface area contributed by atoms with Crippen molar-refractivity contribution in [2.45, 2.75) is 32.8 Å². The molecule has 0 aliphatic rings. The van der Waals surface area contributed by atoms with E-state index in [-0.39, 0.29) is 6.10 Å². The number of anilines is 1. The maximum Gasteiger partial charge on any atom is 0.203 e. The molecule has 0 saturated carbocycles. The molecule has 0 bridgehead atoms. The first-order valence-corrected chi connectivity index (χ1v) is 5.80. The maximum atomic E-state index is 9.65. The first-order valence-electron chi connectivity index (χ1n) is 5.80. The van der Waals surface area contributed by atoms with Crippen LogP contribution in [0.4, 0.5) is 5.82 Å². The number of aliphatic hydroxyl groups excluding tert-OH is 1. The second-order valence-corrected chi connectivity index (χ2v) is 4.04. The molecule has 0 saturated heterocycles. The summed E-state index contributed by atoms with van der Waals surface area (Å²) in [4.78, 5) is 4.21. The van der Waals surface area contributed by atoms with E-state index in [2.05, 4.69) is 20.5 Å². The number of nitrogens with one attached hydrogen (secondary N) is 1. The van der Waals surface area contributed by atoms with E-state index in [1.165, 1.54) is 0 Å². The molecule has 2 heterocycles. The Labute approximate surface area is 99.7 Å². The highest BCUT2D eigenvalue weighted by Gasteiger charge is 2.09. The fourth-order valence-corrected chi connectivity index (χ4v) is 1.72. The van der Waals surface area contributed by atoms with Gasteiger partial charge >= 0.3 is 0 Å². The molecule has 2 N–H and O–H groups in total. The van der Waals surface area contributed by atoms with Crippen molar-refractivity contribution in [1.29, 1.82) is 0 Å². The molecule has 6 heteroatoms. The summed E-state index contributed by atoms with van der Waals surface area (Å²) in [7, 11) is 0.